The summed E-state index contributed by atoms with van der Waals surface area (Å²) in [6, 6.07) is 13.0. The van der Waals surface area contributed by atoms with E-state index in [9.17, 15) is 4.79 Å². The molecule has 0 spiro atoms. The number of nitrogens with one attached hydrogen (secondary N) is 2. The van der Waals surface area contributed by atoms with Gasteiger partial charge in [0.05, 0.1) is 5.56 Å². The molecule has 3 aromatic rings. The average Bonchev–Trinajstić information content (AvgIpc) is 3.02. The van der Waals surface area contributed by atoms with Crippen LogP contribution in [0.15, 0.2) is 48.7 Å². The van der Waals surface area contributed by atoms with Crippen LogP contribution in [0, 0.1) is 0 Å². The Bertz CT molecular complexity index is 854. The minimum Gasteiger partial charge on any atom is -0.486 e. The van der Waals surface area contributed by atoms with Crippen LogP contribution in [0.4, 0.5) is 5.69 Å². The number of amides is 1. The molecule has 2 N–H and O–H groups in total. The van der Waals surface area contributed by atoms with Crippen molar-refractivity contribution in [2.75, 3.05) is 18.5 Å². The Kier molecular flexibility index (Phi) is 2.96. The standard InChI is InChI=1S/C17H14N2O3/c20-17(13-2-1-3-15-16(13)22-9-8-21-15)19-12-4-5-14-11(10-12)6-7-18-14/h1-7,10,18H,8-9H2,(H,19,20). The van der Waals surface area contributed by atoms with Gasteiger partial charge in [-0.1, -0.05) is 6.07 Å². The Labute approximate surface area is 126 Å². The first-order valence-corrected chi connectivity index (χ1v) is 7.08. The van der Waals surface area contributed by atoms with E-state index in [0.29, 0.717) is 30.3 Å². The monoisotopic (exact) mass is 294 g/mol. The topological polar surface area (TPSA) is 63.4 Å². The van der Waals surface area contributed by atoms with E-state index in [-0.39, 0.29) is 5.91 Å². The van der Waals surface area contributed by atoms with Gasteiger partial charge < -0.3 is 19.8 Å². The van der Waals surface area contributed by atoms with Gasteiger partial charge in [0.2, 0.25) is 0 Å². The molecule has 22 heavy (non-hydrogen) atoms. The van der Waals surface area contributed by atoms with Gasteiger partial charge >= 0.3 is 0 Å². The number of fused-ring (bicyclic) bond motifs is 2. The summed E-state index contributed by atoms with van der Waals surface area (Å²) in [5.41, 5.74) is 2.25. The van der Waals surface area contributed by atoms with E-state index < -0.39 is 0 Å². The fourth-order valence-corrected chi connectivity index (χ4v) is 2.58. The second-order valence-electron chi connectivity index (χ2n) is 5.06. The van der Waals surface area contributed by atoms with Crippen molar-refractivity contribution in [3.8, 4) is 11.5 Å². The Morgan fingerprint density at radius 3 is 2.95 bits per heavy atom. The molecule has 0 aliphatic carbocycles. The molecule has 2 aromatic carbocycles. The molecule has 110 valence electrons. The number of benzene rings is 2. The molecule has 5 heteroatoms. The normalized spacial score (nSPS) is 13.1. The third-order valence-electron chi connectivity index (χ3n) is 3.62. The molecule has 1 aliphatic rings. The van der Waals surface area contributed by atoms with Crippen LogP contribution in [0.3, 0.4) is 0 Å². The molecule has 0 atom stereocenters. The van der Waals surface area contributed by atoms with Gasteiger partial charge in [-0.3, -0.25) is 4.79 Å². The number of aromatic nitrogens is 1. The van der Waals surface area contributed by atoms with Crippen LogP contribution >= 0.6 is 0 Å². The van der Waals surface area contributed by atoms with E-state index >= 15 is 0 Å². The molecule has 0 fully saturated rings. The largest absolute Gasteiger partial charge is 0.486 e. The van der Waals surface area contributed by atoms with Gasteiger partial charge in [-0.2, -0.15) is 0 Å². The highest BCUT2D eigenvalue weighted by atomic mass is 16.6. The second kappa shape index (κ2) is 5.11. The molecule has 0 radical (unpaired) electrons. The van der Waals surface area contributed by atoms with Crippen LogP contribution in [0.1, 0.15) is 10.4 Å². The summed E-state index contributed by atoms with van der Waals surface area (Å²) in [7, 11) is 0. The lowest BCUT2D eigenvalue weighted by atomic mass is 10.1. The molecule has 1 aliphatic heterocycles. The zero-order valence-electron chi connectivity index (χ0n) is 11.8. The van der Waals surface area contributed by atoms with Crippen molar-refractivity contribution in [3.63, 3.8) is 0 Å². The molecule has 0 saturated heterocycles. The predicted molar refractivity (Wildman–Crippen MR) is 83.7 cm³/mol. The van der Waals surface area contributed by atoms with E-state index in [2.05, 4.69) is 10.3 Å². The van der Waals surface area contributed by atoms with Crippen LogP contribution < -0.4 is 14.8 Å². The number of aromatic amines is 1. The molecular weight excluding hydrogens is 280 g/mol. The average molecular weight is 294 g/mol. The molecule has 5 nitrogen and oxygen atoms in total. The number of anilines is 1. The molecular formula is C17H14N2O3. The lowest BCUT2D eigenvalue weighted by molar-refractivity contribution is 0.101. The van der Waals surface area contributed by atoms with Crippen molar-refractivity contribution in [2.24, 2.45) is 0 Å². The maximum atomic E-state index is 12.5. The number of carbonyl (C=O) groups is 1. The van der Waals surface area contributed by atoms with E-state index in [4.69, 9.17) is 9.47 Å². The molecule has 0 bridgehead atoms. The summed E-state index contributed by atoms with van der Waals surface area (Å²) in [6.07, 6.45) is 1.87. The summed E-state index contributed by atoms with van der Waals surface area (Å²) in [5.74, 6) is 0.909. The van der Waals surface area contributed by atoms with Crippen molar-refractivity contribution in [2.45, 2.75) is 0 Å². The Hall–Kier alpha value is -2.95. The maximum absolute atomic E-state index is 12.5. The number of hydrogen-bond donors (Lipinski definition) is 2. The third kappa shape index (κ3) is 2.16. The Balaban J connectivity index is 1.64. The van der Waals surface area contributed by atoms with Gasteiger partial charge in [0.25, 0.3) is 5.91 Å². The highest BCUT2D eigenvalue weighted by molar-refractivity contribution is 6.07. The molecule has 1 amide bonds. The first-order valence-electron chi connectivity index (χ1n) is 7.08. The zero-order chi connectivity index (χ0) is 14.9. The predicted octanol–water partition coefficient (Wildman–Crippen LogP) is 3.19. The highest BCUT2D eigenvalue weighted by Gasteiger charge is 2.20. The van der Waals surface area contributed by atoms with Gasteiger partial charge in [0, 0.05) is 22.8 Å². The maximum Gasteiger partial charge on any atom is 0.259 e. The van der Waals surface area contributed by atoms with Crippen molar-refractivity contribution >= 4 is 22.5 Å². The quantitative estimate of drug-likeness (QED) is 0.763. The van der Waals surface area contributed by atoms with Crippen molar-refractivity contribution < 1.29 is 14.3 Å². The molecule has 4 rings (SSSR count). The molecule has 0 saturated carbocycles. The second-order valence-corrected chi connectivity index (χ2v) is 5.06. The Morgan fingerprint density at radius 2 is 2.00 bits per heavy atom. The molecule has 1 aromatic heterocycles. The number of ether oxygens (including phenoxy) is 2. The van der Waals surface area contributed by atoms with Crippen molar-refractivity contribution in [1.82, 2.24) is 4.98 Å². The first-order chi connectivity index (χ1) is 10.8. The zero-order valence-corrected chi connectivity index (χ0v) is 11.8. The van der Waals surface area contributed by atoms with Gasteiger partial charge in [-0.25, -0.2) is 0 Å². The van der Waals surface area contributed by atoms with Crippen LogP contribution in [0.25, 0.3) is 10.9 Å². The minimum absolute atomic E-state index is 0.211. The van der Waals surface area contributed by atoms with Crippen molar-refractivity contribution in [3.05, 3.63) is 54.2 Å². The van der Waals surface area contributed by atoms with E-state index in [1.54, 1.807) is 18.2 Å². The van der Waals surface area contributed by atoms with Gasteiger partial charge in [0.1, 0.15) is 13.2 Å². The van der Waals surface area contributed by atoms with Gasteiger partial charge in [-0.05, 0) is 36.4 Å². The van der Waals surface area contributed by atoms with E-state index in [1.807, 2.05) is 30.5 Å². The summed E-state index contributed by atoms with van der Waals surface area (Å²) in [6.45, 7) is 0.953. The Morgan fingerprint density at radius 1 is 1.09 bits per heavy atom. The van der Waals surface area contributed by atoms with Crippen LogP contribution in [0.5, 0.6) is 11.5 Å². The fourth-order valence-electron chi connectivity index (χ4n) is 2.58. The lowest BCUT2D eigenvalue weighted by Crippen LogP contribution is -2.20. The summed E-state index contributed by atoms with van der Waals surface area (Å²) < 4.78 is 11.1. The molecule has 2 heterocycles. The smallest absolute Gasteiger partial charge is 0.259 e. The van der Waals surface area contributed by atoms with Gasteiger partial charge in [0.15, 0.2) is 11.5 Å². The van der Waals surface area contributed by atoms with Crippen LogP contribution in [-0.4, -0.2) is 24.1 Å². The summed E-state index contributed by atoms with van der Waals surface area (Å²) in [4.78, 5) is 15.6. The summed E-state index contributed by atoms with van der Waals surface area (Å²) in [5, 5.41) is 3.95. The fraction of sp³-hybridized carbons (Fsp3) is 0.118. The van der Waals surface area contributed by atoms with Crippen LogP contribution in [0.2, 0.25) is 0 Å². The minimum atomic E-state index is -0.211. The van der Waals surface area contributed by atoms with E-state index in [0.717, 1.165) is 16.6 Å². The first kappa shape index (κ1) is 12.8. The SMILES string of the molecule is O=C(Nc1ccc2[nH]ccc2c1)c1cccc2c1OCCO2. The van der Waals surface area contributed by atoms with Crippen LogP contribution in [-0.2, 0) is 0 Å². The van der Waals surface area contributed by atoms with E-state index in [1.165, 1.54) is 0 Å². The third-order valence-corrected chi connectivity index (χ3v) is 3.62. The van der Waals surface area contributed by atoms with Gasteiger partial charge in [-0.15, -0.1) is 0 Å². The number of para-hydroxylation sites is 1. The number of hydrogen-bond acceptors (Lipinski definition) is 3. The lowest BCUT2D eigenvalue weighted by Gasteiger charge is -2.20. The molecule has 0 unspecified atom stereocenters. The number of rotatable bonds is 2. The van der Waals surface area contributed by atoms with Crippen molar-refractivity contribution in [1.29, 1.82) is 0 Å². The number of carbonyl (C=O) groups excluding carboxylic acids is 1. The number of H-pyrrole nitrogens is 1. The summed E-state index contributed by atoms with van der Waals surface area (Å²) >= 11 is 0. The highest BCUT2D eigenvalue weighted by Crippen LogP contribution is 2.34.